The molecule has 0 amide bonds. The fourth-order valence-corrected chi connectivity index (χ4v) is 4.17. The van der Waals surface area contributed by atoms with E-state index in [0.717, 1.165) is 12.8 Å². The maximum absolute atomic E-state index is 12.2. The number of nitrogens with zero attached hydrogens (tertiary/aromatic N) is 2. The van der Waals surface area contributed by atoms with Crippen molar-refractivity contribution in [2.45, 2.75) is 42.9 Å². The van der Waals surface area contributed by atoms with Crippen molar-refractivity contribution in [3.8, 4) is 0 Å². The summed E-state index contributed by atoms with van der Waals surface area (Å²) in [6, 6.07) is -0.449. The molecule has 0 radical (unpaired) electrons. The number of hydrogen-bond donors (Lipinski definition) is 2. The van der Waals surface area contributed by atoms with E-state index in [9.17, 15) is 13.5 Å². The topological polar surface area (TPSA) is 84.2 Å². The van der Waals surface area contributed by atoms with E-state index >= 15 is 0 Å². The molecule has 0 aromatic carbocycles. The van der Waals surface area contributed by atoms with Gasteiger partial charge in [0.2, 0.25) is 0 Å². The Bertz CT molecular complexity index is 509. The van der Waals surface area contributed by atoms with Gasteiger partial charge in [-0.15, -0.1) is 0 Å². The normalized spacial score (nSPS) is 25.3. The van der Waals surface area contributed by atoms with Crippen LogP contribution in [-0.4, -0.2) is 35.5 Å². The minimum absolute atomic E-state index is 0.0676. The second-order valence-corrected chi connectivity index (χ2v) is 6.54. The predicted octanol–water partition coefficient (Wildman–Crippen LogP) is 0.655. The first-order valence-corrected chi connectivity index (χ1v) is 7.66. The summed E-state index contributed by atoms with van der Waals surface area (Å²) in [4.78, 5) is 0. The molecule has 1 aliphatic carbocycles. The zero-order chi connectivity index (χ0) is 13.3. The van der Waals surface area contributed by atoms with Crippen molar-refractivity contribution >= 4 is 21.6 Å². The standard InChI is InChI=1S/C10H16ClN3O3S/c1-14-10(7(11)6-12-14)18(16,17)13-8-4-2-3-5-9(8)15/h6,8-9,13,15H,2-5H2,1H3/t8-,9-/m0/s1. The zero-order valence-electron chi connectivity index (χ0n) is 10.0. The summed E-state index contributed by atoms with van der Waals surface area (Å²) in [5, 5.41) is 13.6. The molecule has 0 aliphatic heterocycles. The molecule has 2 rings (SSSR count). The minimum Gasteiger partial charge on any atom is -0.391 e. The average molecular weight is 294 g/mol. The van der Waals surface area contributed by atoms with E-state index < -0.39 is 22.2 Å². The van der Waals surface area contributed by atoms with Crippen molar-refractivity contribution in [1.29, 1.82) is 0 Å². The lowest BCUT2D eigenvalue weighted by atomic mass is 9.93. The van der Waals surface area contributed by atoms with Gasteiger partial charge < -0.3 is 5.11 Å². The van der Waals surface area contributed by atoms with Crippen LogP contribution in [0, 0.1) is 0 Å². The van der Waals surface area contributed by atoms with Crippen LogP contribution in [0.5, 0.6) is 0 Å². The molecule has 18 heavy (non-hydrogen) atoms. The molecular weight excluding hydrogens is 278 g/mol. The number of aromatic nitrogens is 2. The SMILES string of the molecule is Cn1ncc(Cl)c1S(=O)(=O)N[C@H]1CCCC[C@@H]1O. The summed E-state index contributed by atoms with van der Waals surface area (Å²) < 4.78 is 28.1. The van der Waals surface area contributed by atoms with Gasteiger partial charge in [-0.05, 0) is 12.8 Å². The molecule has 1 aliphatic rings. The van der Waals surface area contributed by atoms with Crippen molar-refractivity contribution in [3.63, 3.8) is 0 Å². The number of sulfonamides is 1. The second-order valence-electron chi connectivity index (χ2n) is 4.50. The third kappa shape index (κ3) is 2.69. The van der Waals surface area contributed by atoms with Crippen LogP contribution >= 0.6 is 11.6 Å². The van der Waals surface area contributed by atoms with Crippen LogP contribution in [0.25, 0.3) is 0 Å². The van der Waals surface area contributed by atoms with Gasteiger partial charge in [0.25, 0.3) is 10.0 Å². The molecular formula is C10H16ClN3O3S. The van der Waals surface area contributed by atoms with Gasteiger partial charge in [0.05, 0.1) is 17.3 Å². The molecule has 6 nitrogen and oxygen atoms in total. The lowest BCUT2D eigenvalue weighted by Crippen LogP contribution is -2.45. The van der Waals surface area contributed by atoms with Gasteiger partial charge >= 0.3 is 0 Å². The lowest BCUT2D eigenvalue weighted by Gasteiger charge is -2.28. The van der Waals surface area contributed by atoms with Crippen molar-refractivity contribution < 1.29 is 13.5 Å². The monoisotopic (exact) mass is 293 g/mol. The van der Waals surface area contributed by atoms with Crippen LogP contribution < -0.4 is 4.72 Å². The van der Waals surface area contributed by atoms with E-state index in [0.29, 0.717) is 12.8 Å². The third-order valence-electron chi connectivity index (χ3n) is 3.13. The number of rotatable bonds is 3. The van der Waals surface area contributed by atoms with Gasteiger partial charge in [0.15, 0.2) is 5.03 Å². The van der Waals surface area contributed by atoms with Gasteiger partial charge in [-0.3, -0.25) is 4.68 Å². The largest absolute Gasteiger partial charge is 0.391 e. The molecule has 0 bridgehead atoms. The van der Waals surface area contributed by atoms with E-state index in [1.165, 1.54) is 17.9 Å². The Morgan fingerprint density at radius 2 is 2.17 bits per heavy atom. The van der Waals surface area contributed by atoms with Crippen LogP contribution in [0.2, 0.25) is 5.02 Å². The maximum Gasteiger partial charge on any atom is 0.259 e. The number of nitrogens with one attached hydrogen (secondary N) is 1. The Kier molecular flexibility index (Phi) is 3.96. The average Bonchev–Trinajstić information content (AvgIpc) is 2.62. The molecule has 2 atom stereocenters. The quantitative estimate of drug-likeness (QED) is 0.857. The van der Waals surface area contributed by atoms with Crippen molar-refractivity contribution in [2.75, 3.05) is 0 Å². The van der Waals surface area contributed by atoms with Crippen LogP contribution in [0.1, 0.15) is 25.7 Å². The van der Waals surface area contributed by atoms with Gasteiger partial charge in [-0.1, -0.05) is 24.4 Å². The van der Waals surface area contributed by atoms with Crippen LogP contribution in [0.15, 0.2) is 11.2 Å². The van der Waals surface area contributed by atoms with Gasteiger partial charge in [0, 0.05) is 13.1 Å². The summed E-state index contributed by atoms with van der Waals surface area (Å²) in [6.45, 7) is 0. The molecule has 1 heterocycles. The highest BCUT2D eigenvalue weighted by Gasteiger charge is 2.30. The Morgan fingerprint density at radius 3 is 2.72 bits per heavy atom. The Morgan fingerprint density at radius 1 is 1.50 bits per heavy atom. The van der Waals surface area contributed by atoms with E-state index in [-0.39, 0.29) is 10.0 Å². The Labute approximate surface area is 111 Å². The molecule has 1 saturated carbocycles. The highest BCUT2D eigenvalue weighted by atomic mass is 35.5. The number of hydrogen-bond acceptors (Lipinski definition) is 4. The number of aliphatic hydroxyl groups excluding tert-OH is 1. The number of aryl methyl sites for hydroxylation is 1. The van der Waals surface area contributed by atoms with Gasteiger partial charge in [0.1, 0.15) is 0 Å². The highest BCUT2D eigenvalue weighted by molar-refractivity contribution is 7.89. The summed E-state index contributed by atoms with van der Waals surface area (Å²) in [5.74, 6) is 0. The smallest absolute Gasteiger partial charge is 0.259 e. The molecule has 1 fully saturated rings. The highest BCUT2D eigenvalue weighted by Crippen LogP contribution is 2.23. The summed E-state index contributed by atoms with van der Waals surface area (Å²) in [5.41, 5.74) is 0. The summed E-state index contributed by atoms with van der Waals surface area (Å²) in [6.07, 6.45) is 3.73. The first-order valence-electron chi connectivity index (χ1n) is 5.79. The van der Waals surface area contributed by atoms with Gasteiger partial charge in [-0.25, -0.2) is 13.1 Å². The van der Waals surface area contributed by atoms with Gasteiger partial charge in [-0.2, -0.15) is 5.10 Å². The van der Waals surface area contributed by atoms with E-state index in [1.807, 2.05) is 0 Å². The maximum atomic E-state index is 12.2. The predicted molar refractivity (Wildman–Crippen MR) is 66.8 cm³/mol. The zero-order valence-corrected chi connectivity index (χ0v) is 11.6. The van der Waals surface area contributed by atoms with E-state index in [2.05, 4.69) is 9.82 Å². The summed E-state index contributed by atoms with van der Waals surface area (Å²) >= 11 is 5.82. The van der Waals surface area contributed by atoms with E-state index in [4.69, 9.17) is 11.6 Å². The molecule has 8 heteroatoms. The lowest BCUT2D eigenvalue weighted by molar-refractivity contribution is 0.101. The van der Waals surface area contributed by atoms with Crippen molar-refractivity contribution in [3.05, 3.63) is 11.2 Å². The third-order valence-corrected chi connectivity index (χ3v) is 5.13. The van der Waals surface area contributed by atoms with E-state index in [1.54, 1.807) is 0 Å². The molecule has 102 valence electrons. The number of aliphatic hydroxyl groups is 1. The minimum atomic E-state index is -3.75. The molecule has 1 aromatic heterocycles. The first-order chi connectivity index (χ1) is 8.42. The van der Waals surface area contributed by atoms with Crippen molar-refractivity contribution in [1.82, 2.24) is 14.5 Å². The van der Waals surface area contributed by atoms with Crippen molar-refractivity contribution in [2.24, 2.45) is 7.05 Å². The van der Waals surface area contributed by atoms with Crippen LogP contribution in [-0.2, 0) is 17.1 Å². The summed E-state index contributed by atoms with van der Waals surface area (Å²) in [7, 11) is -2.24. The molecule has 0 spiro atoms. The molecule has 0 unspecified atom stereocenters. The second kappa shape index (κ2) is 5.16. The molecule has 0 saturated heterocycles. The Balaban J connectivity index is 2.22. The fourth-order valence-electron chi connectivity index (χ4n) is 2.21. The van der Waals surface area contributed by atoms with Crippen LogP contribution in [0.3, 0.4) is 0 Å². The molecule has 1 aromatic rings. The number of halogens is 1. The Hall–Kier alpha value is -0.630. The van der Waals surface area contributed by atoms with Crippen LogP contribution in [0.4, 0.5) is 0 Å². The fraction of sp³-hybridized carbons (Fsp3) is 0.700. The molecule has 2 N–H and O–H groups in total. The first kappa shape index (κ1) is 13.8.